The van der Waals surface area contributed by atoms with Crippen molar-refractivity contribution in [3.05, 3.63) is 28.8 Å². The van der Waals surface area contributed by atoms with Gasteiger partial charge < -0.3 is 4.90 Å². The van der Waals surface area contributed by atoms with Crippen LogP contribution in [0.4, 0.5) is 0 Å². The average molecular weight is 350 g/mol. The fourth-order valence-corrected chi connectivity index (χ4v) is 5.09. The second-order valence-corrected chi connectivity index (χ2v) is 8.84. The molecule has 3 rings (SSSR count). The highest BCUT2D eigenvalue weighted by molar-refractivity contribution is 7.89. The highest BCUT2D eigenvalue weighted by atomic mass is 32.2. The highest BCUT2D eigenvalue weighted by Crippen LogP contribution is 2.36. The van der Waals surface area contributed by atoms with Gasteiger partial charge in [-0.1, -0.05) is 19.3 Å². The zero-order chi connectivity index (χ0) is 17.5. The van der Waals surface area contributed by atoms with E-state index in [1.54, 1.807) is 13.0 Å². The van der Waals surface area contributed by atoms with Crippen molar-refractivity contribution in [3.63, 3.8) is 0 Å². The maximum Gasteiger partial charge on any atom is 0.253 e. The second kappa shape index (κ2) is 6.48. The molecule has 2 aliphatic rings. The summed E-state index contributed by atoms with van der Waals surface area (Å²) in [4.78, 5) is 14.9. The van der Waals surface area contributed by atoms with Gasteiger partial charge in [0.05, 0.1) is 4.90 Å². The zero-order valence-electron chi connectivity index (χ0n) is 14.4. The lowest BCUT2D eigenvalue weighted by Crippen LogP contribution is -2.44. The largest absolute Gasteiger partial charge is 0.338 e. The number of aryl methyl sites for hydroxylation is 1. The molecular weight excluding hydrogens is 324 g/mol. The summed E-state index contributed by atoms with van der Waals surface area (Å²) in [6, 6.07) is 3.21. The molecular formula is C18H26N2O3S. The molecule has 1 saturated heterocycles. The third-order valence-corrected chi connectivity index (χ3v) is 6.79. The van der Waals surface area contributed by atoms with Crippen LogP contribution >= 0.6 is 0 Å². The van der Waals surface area contributed by atoms with Crippen molar-refractivity contribution in [1.82, 2.24) is 4.90 Å². The lowest BCUT2D eigenvalue weighted by Gasteiger charge is -2.41. The average Bonchev–Trinajstić information content (AvgIpc) is 2.55. The van der Waals surface area contributed by atoms with Gasteiger partial charge in [-0.25, -0.2) is 13.6 Å². The SMILES string of the molecule is Cc1cc(C(=O)N2CC[C@H]3CCCC[C@H]3C2)cc(S(N)(=O)=O)c1C. The molecule has 1 aromatic rings. The van der Waals surface area contributed by atoms with Gasteiger partial charge in [0.1, 0.15) is 0 Å². The van der Waals surface area contributed by atoms with E-state index in [0.717, 1.165) is 31.0 Å². The number of fused-ring (bicyclic) bond motifs is 1. The molecule has 1 amide bonds. The van der Waals surface area contributed by atoms with E-state index in [4.69, 9.17) is 5.14 Å². The number of amides is 1. The fourth-order valence-electron chi connectivity index (χ4n) is 4.21. The molecule has 1 aliphatic carbocycles. The molecule has 2 atom stereocenters. The Bertz CT molecular complexity index is 758. The number of piperidine rings is 1. The van der Waals surface area contributed by atoms with Crippen LogP contribution in [-0.2, 0) is 10.0 Å². The quantitative estimate of drug-likeness (QED) is 0.890. The van der Waals surface area contributed by atoms with Crippen molar-refractivity contribution in [1.29, 1.82) is 0 Å². The molecule has 0 aromatic heterocycles. The fraction of sp³-hybridized carbons (Fsp3) is 0.611. The third-order valence-electron chi connectivity index (χ3n) is 5.75. The Morgan fingerprint density at radius 1 is 1.12 bits per heavy atom. The maximum absolute atomic E-state index is 12.9. The predicted molar refractivity (Wildman–Crippen MR) is 93.3 cm³/mol. The smallest absolute Gasteiger partial charge is 0.253 e. The lowest BCUT2D eigenvalue weighted by atomic mass is 9.75. The summed E-state index contributed by atoms with van der Waals surface area (Å²) in [5, 5.41) is 5.31. The maximum atomic E-state index is 12.9. The molecule has 1 heterocycles. The molecule has 6 heteroatoms. The summed E-state index contributed by atoms with van der Waals surface area (Å²) in [7, 11) is -3.83. The number of likely N-dealkylation sites (tertiary alicyclic amines) is 1. The summed E-state index contributed by atoms with van der Waals surface area (Å²) >= 11 is 0. The number of carbonyl (C=O) groups excluding carboxylic acids is 1. The minimum atomic E-state index is -3.83. The van der Waals surface area contributed by atoms with E-state index in [9.17, 15) is 13.2 Å². The number of nitrogens with two attached hydrogens (primary N) is 1. The standard InChI is InChI=1S/C18H26N2O3S/c1-12-9-16(10-17(13(12)2)24(19,22)23)18(21)20-8-7-14-5-3-4-6-15(14)11-20/h9-10,14-15H,3-8,11H2,1-2H3,(H2,19,22,23)/t14-,15+/m1/s1. The number of hydrogen-bond acceptors (Lipinski definition) is 3. The molecule has 1 saturated carbocycles. The van der Waals surface area contributed by atoms with Crippen LogP contribution in [-0.4, -0.2) is 32.3 Å². The Hall–Kier alpha value is -1.40. The monoisotopic (exact) mass is 350 g/mol. The van der Waals surface area contributed by atoms with Gasteiger partial charge in [-0.3, -0.25) is 4.79 Å². The van der Waals surface area contributed by atoms with Crippen LogP contribution < -0.4 is 5.14 Å². The predicted octanol–water partition coefficient (Wildman–Crippen LogP) is 2.60. The van der Waals surface area contributed by atoms with E-state index in [2.05, 4.69) is 0 Å². The van der Waals surface area contributed by atoms with Gasteiger partial charge >= 0.3 is 0 Å². The molecule has 132 valence electrons. The van der Waals surface area contributed by atoms with Gasteiger partial charge in [0.15, 0.2) is 0 Å². The van der Waals surface area contributed by atoms with E-state index in [0.29, 0.717) is 17.0 Å². The number of nitrogens with zero attached hydrogens (tertiary/aromatic N) is 1. The third kappa shape index (κ3) is 3.35. The van der Waals surface area contributed by atoms with Gasteiger partial charge in [0.2, 0.25) is 10.0 Å². The number of primary sulfonamides is 1. The van der Waals surface area contributed by atoms with Crippen LogP contribution in [0.1, 0.15) is 53.6 Å². The first-order chi connectivity index (χ1) is 11.3. The number of benzene rings is 1. The number of hydrogen-bond donors (Lipinski definition) is 1. The van der Waals surface area contributed by atoms with E-state index in [-0.39, 0.29) is 10.8 Å². The van der Waals surface area contributed by atoms with E-state index < -0.39 is 10.0 Å². The van der Waals surface area contributed by atoms with Crippen molar-refractivity contribution < 1.29 is 13.2 Å². The van der Waals surface area contributed by atoms with Crippen LogP contribution in [0, 0.1) is 25.7 Å². The first-order valence-corrected chi connectivity index (χ1v) is 10.3. The normalized spacial score (nSPS) is 24.5. The van der Waals surface area contributed by atoms with Gasteiger partial charge in [-0.2, -0.15) is 0 Å². The second-order valence-electron chi connectivity index (χ2n) is 7.31. The van der Waals surface area contributed by atoms with Crippen LogP contribution in [0.3, 0.4) is 0 Å². The number of rotatable bonds is 2. The Morgan fingerprint density at radius 3 is 2.46 bits per heavy atom. The van der Waals surface area contributed by atoms with Crippen molar-refractivity contribution in [3.8, 4) is 0 Å². The van der Waals surface area contributed by atoms with Crippen LogP contribution in [0.15, 0.2) is 17.0 Å². The summed E-state index contributed by atoms with van der Waals surface area (Å²) < 4.78 is 23.6. The highest BCUT2D eigenvalue weighted by Gasteiger charge is 2.33. The van der Waals surface area contributed by atoms with E-state index in [1.165, 1.54) is 31.7 Å². The minimum absolute atomic E-state index is 0.0541. The molecule has 2 fully saturated rings. The van der Waals surface area contributed by atoms with E-state index in [1.807, 2.05) is 11.8 Å². The van der Waals surface area contributed by atoms with Gasteiger partial charge in [-0.05, 0) is 61.8 Å². The zero-order valence-corrected chi connectivity index (χ0v) is 15.2. The van der Waals surface area contributed by atoms with Crippen LogP contribution in [0.5, 0.6) is 0 Å². The van der Waals surface area contributed by atoms with Crippen molar-refractivity contribution in [2.45, 2.75) is 50.8 Å². The topological polar surface area (TPSA) is 80.5 Å². The molecule has 0 spiro atoms. The van der Waals surface area contributed by atoms with Gasteiger partial charge in [-0.15, -0.1) is 0 Å². The Kier molecular flexibility index (Phi) is 4.71. The molecule has 5 nitrogen and oxygen atoms in total. The Morgan fingerprint density at radius 2 is 1.79 bits per heavy atom. The molecule has 24 heavy (non-hydrogen) atoms. The first-order valence-electron chi connectivity index (χ1n) is 8.70. The number of sulfonamides is 1. The Labute approximate surface area is 144 Å². The molecule has 1 aliphatic heterocycles. The molecule has 1 aromatic carbocycles. The summed E-state index contributed by atoms with van der Waals surface area (Å²) in [5.41, 5.74) is 1.81. The molecule has 0 unspecified atom stereocenters. The summed E-state index contributed by atoms with van der Waals surface area (Å²) in [6.45, 7) is 5.09. The van der Waals surface area contributed by atoms with Gasteiger partial charge in [0, 0.05) is 18.7 Å². The number of carbonyl (C=O) groups is 1. The van der Waals surface area contributed by atoms with Gasteiger partial charge in [0.25, 0.3) is 5.91 Å². The van der Waals surface area contributed by atoms with Crippen molar-refractivity contribution in [2.75, 3.05) is 13.1 Å². The van der Waals surface area contributed by atoms with Crippen LogP contribution in [0.2, 0.25) is 0 Å². The van der Waals surface area contributed by atoms with Crippen molar-refractivity contribution >= 4 is 15.9 Å². The van der Waals surface area contributed by atoms with Crippen molar-refractivity contribution in [2.24, 2.45) is 17.0 Å². The molecule has 2 N–H and O–H groups in total. The summed E-state index contributed by atoms with van der Waals surface area (Å²) in [5.74, 6) is 1.27. The Balaban J connectivity index is 1.86. The summed E-state index contributed by atoms with van der Waals surface area (Å²) in [6.07, 6.45) is 6.10. The van der Waals surface area contributed by atoms with Crippen LogP contribution in [0.25, 0.3) is 0 Å². The van der Waals surface area contributed by atoms with E-state index >= 15 is 0 Å². The molecule has 0 bridgehead atoms. The molecule has 0 radical (unpaired) electrons. The first kappa shape index (κ1) is 17.4. The lowest BCUT2D eigenvalue weighted by molar-refractivity contribution is 0.0520. The minimum Gasteiger partial charge on any atom is -0.338 e.